The van der Waals surface area contributed by atoms with Crippen molar-refractivity contribution in [3.63, 3.8) is 0 Å². The van der Waals surface area contributed by atoms with Crippen molar-refractivity contribution < 1.29 is 23.2 Å². The van der Waals surface area contributed by atoms with Crippen LogP contribution in [0.5, 0.6) is 5.75 Å². The lowest BCUT2D eigenvalue weighted by Gasteiger charge is -2.14. The van der Waals surface area contributed by atoms with E-state index in [1.165, 1.54) is 12.1 Å². The lowest BCUT2D eigenvalue weighted by atomic mass is 10.2. The monoisotopic (exact) mass is 440 g/mol. The molecule has 32 heavy (non-hydrogen) atoms. The van der Waals surface area contributed by atoms with E-state index in [-0.39, 0.29) is 29.5 Å². The van der Waals surface area contributed by atoms with Crippen LogP contribution in [0.3, 0.4) is 0 Å². The fraction of sp³-hybridized carbons (Fsp3) is 0.182. The second-order valence-electron chi connectivity index (χ2n) is 6.96. The molecule has 3 aromatic rings. The van der Waals surface area contributed by atoms with Crippen LogP contribution in [-0.2, 0) is 11.3 Å². The number of carbonyl (C=O) groups excluding carboxylic acids is 1. The van der Waals surface area contributed by atoms with Gasteiger partial charge < -0.3 is 14.6 Å². The predicted octanol–water partition coefficient (Wildman–Crippen LogP) is 4.23. The Kier molecular flexibility index (Phi) is 6.49. The van der Waals surface area contributed by atoms with Gasteiger partial charge >= 0.3 is 5.69 Å². The van der Waals surface area contributed by atoms with E-state index in [1.54, 1.807) is 30.5 Å². The molecule has 1 N–H and O–H groups in total. The van der Waals surface area contributed by atoms with Crippen molar-refractivity contribution >= 4 is 17.4 Å². The van der Waals surface area contributed by atoms with E-state index >= 15 is 0 Å². The number of halogens is 2. The van der Waals surface area contributed by atoms with Gasteiger partial charge in [0.1, 0.15) is 23.5 Å². The molecule has 164 valence electrons. The topological polar surface area (TPSA) is 110 Å². The van der Waals surface area contributed by atoms with Crippen LogP contribution in [0.15, 0.2) is 42.5 Å². The molecule has 0 atom stereocenters. The molecule has 1 aromatic heterocycles. The van der Waals surface area contributed by atoms with Crippen LogP contribution in [0, 0.1) is 46.9 Å². The molecular weight excluding hydrogens is 422 g/mol. The van der Waals surface area contributed by atoms with Gasteiger partial charge in [-0.3, -0.25) is 14.9 Å². The zero-order valence-corrected chi connectivity index (χ0v) is 17.2. The second-order valence-corrected chi connectivity index (χ2v) is 6.96. The van der Waals surface area contributed by atoms with E-state index in [0.717, 1.165) is 29.5 Å². The smallest absolute Gasteiger partial charge is 0.311 e. The van der Waals surface area contributed by atoms with E-state index in [1.807, 2.05) is 0 Å². The molecular formula is C22H18F2N4O4. The summed E-state index contributed by atoms with van der Waals surface area (Å²) in [5.41, 5.74) is 1.89. The van der Waals surface area contributed by atoms with Crippen molar-refractivity contribution in [2.24, 2.45) is 0 Å². The predicted molar refractivity (Wildman–Crippen MR) is 111 cm³/mol. The van der Waals surface area contributed by atoms with Crippen LogP contribution >= 0.6 is 0 Å². The zero-order valence-electron chi connectivity index (χ0n) is 17.2. The number of hydrogen-bond donors (Lipinski definition) is 1. The first-order chi connectivity index (χ1) is 15.2. The molecule has 1 heterocycles. The minimum absolute atomic E-state index is 0.217. The van der Waals surface area contributed by atoms with Gasteiger partial charge in [0.05, 0.1) is 10.5 Å². The number of nitrogens with one attached hydrogen (secondary N) is 1. The maximum atomic E-state index is 13.4. The molecule has 0 spiro atoms. The third-order valence-corrected chi connectivity index (χ3v) is 4.93. The number of nitriles is 1. The molecule has 0 saturated heterocycles. The summed E-state index contributed by atoms with van der Waals surface area (Å²) in [6.45, 7) is 3.13. The molecule has 1 amide bonds. The quantitative estimate of drug-likeness (QED) is 0.437. The highest BCUT2D eigenvalue weighted by Gasteiger charge is 2.21. The first kappa shape index (κ1) is 22.4. The first-order valence-electron chi connectivity index (χ1n) is 9.42. The Hall–Kier alpha value is -4.26. The summed E-state index contributed by atoms with van der Waals surface area (Å²) < 4.78 is 33.5. The Balaban J connectivity index is 1.84. The third kappa shape index (κ3) is 4.73. The first-order valence-corrected chi connectivity index (χ1v) is 9.42. The fourth-order valence-electron chi connectivity index (χ4n) is 3.17. The van der Waals surface area contributed by atoms with Crippen molar-refractivity contribution in [3.05, 3.63) is 86.6 Å². The van der Waals surface area contributed by atoms with Crippen molar-refractivity contribution in [3.8, 4) is 11.8 Å². The lowest BCUT2D eigenvalue weighted by Crippen LogP contribution is -2.23. The van der Waals surface area contributed by atoms with Gasteiger partial charge in [-0.15, -0.1) is 0 Å². The average molecular weight is 440 g/mol. The SMILES string of the molecule is Cc1c(C#N)c(NC(=O)COc2cc(F)ccc2[N+](=O)[O-])n(Cc2ccc(F)cc2)c1C. The molecule has 10 heteroatoms. The Morgan fingerprint density at radius 3 is 2.47 bits per heavy atom. The number of anilines is 1. The van der Waals surface area contributed by atoms with Gasteiger partial charge in [-0.2, -0.15) is 5.26 Å². The number of nitro groups is 1. The molecule has 3 rings (SSSR count). The largest absolute Gasteiger partial charge is 0.477 e. The molecule has 0 unspecified atom stereocenters. The van der Waals surface area contributed by atoms with E-state index in [2.05, 4.69) is 11.4 Å². The number of benzene rings is 2. The summed E-state index contributed by atoms with van der Waals surface area (Å²) in [5, 5.41) is 23.2. The van der Waals surface area contributed by atoms with Crippen molar-refractivity contribution in [2.75, 3.05) is 11.9 Å². The summed E-state index contributed by atoms with van der Waals surface area (Å²) in [6, 6.07) is 10.5. The fourth-order valence-corrected chi connectivity index (χ4v) is 3.17. The third-order valence-electron chi connectivity index (χ3n) is 4.93. The summed E-state index contributed by atoms with van der Waals surface area (Å²) >= 11 is 0. The summed E-state index contributed by atoms with van der Waals surface area (Å²) in [7, 11) is 0. The van der Waals surface area contributed by atoms with Gasteiger partial charge in [0.2, 0.25) is 5.75 Å². The standard InChI is InChI=1S/C22H18F2N4O4/c1-13-14(2)27(11-15-3-5-16(23)6-4-15)22(18(13)10-25)26-21(29)12-32-20-9-17(24)7-8-19(20)28(30)31/h3-9H,11-12H2,1-2H3,(H,26,29). The maximum absolute atomic E-state index is 13.4. The van der Waals surface area contributed by atoms with Gasteiger partial charge in [-0.1, -0.05) is 12.1 Å². The Morgan fingerprint density at radius 1 is 1.19 bits per heavy atom. The second kappa shape index (κ2) is 9.26. The number of carbonyl (C=O) groups is 1. The Morgan fingerprint density at radius 2 is 1.84 bits per heavy atom. The van der Waals surface area contributed by atoms with Crippen LogP contribution in [0.25, 0.3) is 0 Å². The molecule has 0 fully saturated rings. The van der Waals surface area contributed by atoms with Gasteiger partial charge in [0.15, 0.2) is 6.61 Å². The maximum Gasteiger partial charge on any atom is 0.311 e. The number of aromatic nitrogens is 1. The average Bonchev–Trinajstić information content (AvgIpc) is 2.97. The highest BCUT2D eigenvalue weighted by Crippen LogP contribution is 2.29. The molecule has 0 aliphatic carbocycles. The number of hydrogen-bond acceptors (Lipinski definition) is 5. The minimum Gasteiger partial charge on any atom is -0.477 e. The van der Waals surface area contributed by atoms with E-state index in [9.17, 15) is 29.0 Å². The van der Waals surface area contributed by atoms with Gasteiger partial charge in [0, 0.05) is 24.4 Å². The molecule has 0 radical (unpaired) electrons. The zero-order chi connectivity index (χ0) is 23.4. The van der Waals surface area contributed by atoms with Crippen LogP contribution in [0.4, 0.5) is 20.3 Å². The van der Waals surface area contributed by atoms with Crippen molar-refractivity contribution in [1.29, 1.82) is 5.26 Å². The van der Waals surface area contributed by atoms with Crippen LogP contribution < -0.4 is 10.1 Å². The van der Waals surface area contributed by atoms with E-state index in [0.29, 0.717) is 5.56 Å². The van der Waals surface area contributed by atoms with Gasteiger partial charge in [-0.25, -0.2) is 8.78 Å². The Labute approximate surface area is 181 Å². The van der Waals surface area contributed by atoms with Crippen LogP contribution in [0.1, 0.15) is 22.4 Å². The summed E-state index contributed by atoms with van der Waals surface area (Å²) in [6.07, 6.45) is 0. The molecule has 0 saturated carbocycles. The van der Waals surface area contributed by atoms with E-state index in [4.69, 9.17) is 4.74 Å². The van der Waals surface area contributed by atoms with Crippen LogP contribution in [-0.4, -0.2) is 22.0 Å². The highest BCUT2D eigenvalue weighted by atomic mass is 19.1. The van der Waals surface area contributed by atoms with Crippen molar-refractivity contribution in [2.45, 2.75) is 20.4 Å². The summed E-state index contributed by atoms with van der Waals surface area (Å²) in [4.78, 5) is 22.8. The number of amides is 1. The van der Waals surface area contributed by atoms with Gasteiger partial charge in [0.25, 0.3) is 5.91 Å². The molecule has 8 nitrogen and oxygen atoms in total. The van der Waals surface area contributed by atoms with Crippen LogP contribution in [0.2, 0.25) is 0 Å². The number of nitrogens with zero attached hydrogens (tertiary/aromatic N) is 3. The minimum atomic E-state index is -0.753. The van der Waals surface area contributed by atoms with E-state index < -0.39 is 28.9 Å². The number of rotatable bonds is 7. The lowest BCUT2D eigenvalue weighted by molar-refractivity contribution is -0.385. The molecule has 0 aliphatic rings. The molecule has 0 aliphatic heterocycles. The summed E-state index contributed by atoms with van der Waals surface area (Å²) in [5.74, 6) is -2.01. The Bertz CT molecular complexity index is 1230. The number of ether oxygens (including phenoxy) is 1. The highest BCUT2D eigenvalue weighted by molar-refractivity contribution is 5.93. The normalized spacial score (nSPS) is 10.5. The van der Waals surface area contributed by atoms with Crippen molar-refractivity contribution in [1.82, 2.24) is 4.57 Å². The number of nitro benzene ring substituents is 1. The molecule has 0 bridgehead atoms. The molecule has 2 aromatic carbocycles. The van der Waals surface area contributed by atoms with Gasteiger partial charge in [-0.05, 0) is 43.2 Å².